The second-order valence-electron chi connectivity index (χ2n) is 8.25. The molecule has 1 amide bonds. The zero-order valence-corrected chi connectivity index (χ0v) is 19.8. The van der Waals surface area contributed by atoms with Gasteiger partial charge in [-0.25, -0.2) is 14.6 Å². The number of carbonyl (C=O) groups excluding carboxylic acids is 2. The Kier molecular flexibility index (Phi) is 7.26. The van der Waals surface area contributed by atoms with Crippen molar-refractivity contribution in [2.75, 3.05) is 7.11 Å². The topological polar surface area (TPSA) is 77.5 Å². The molecule has 6 nitrogen and oxygen atoms in total. The zero-order chi connectivity index (χ0) is 23.5. The molecule has 1 aromatic heterocycles. The number of hydrogen-bond donors (Lipinski definition) is 1. The molecule has 32 heavy (non-hydrogen) atoms. The van der Waals surface area contributed by atoms with Crippen LogP contribution in [0, 0.1) is 0 Å². The first kappa shape index (κ1) is 23.8. The Morgan fingerprint density at radius 2 is 1.75 bits per heavy atom. The number of fused-ring (bicyclic) bond motifs is 1. The molecule has 168 valence electrons. The molecule has 0 fully saturated rings. The van der Waals surface area contributed by atoms with Crippen LogP contribution in [-0.4, -0.2) is 35.8 Å². The van der Waals surface area contributed by atoms with Crippen LogP contribution in [-0.2, 0) is 20.7 Å². The summed E-state index contributed by atoms with van der Waals surface area (Å²) in [4.78, 5) is 29.0. The second kappa shape index (κ2) is 9.76. The summed E-state index contributed by atoms with van der Waals surface area (Å²) in [5.74, 6) is -0.558. The number of esters is 1. The molecule has 3 aromatic rings. The van der Waals surface area contributed by atoms with Crippen LogP contribution in [0.4, 0.5) is 4.79 Å². The van der Waals surface area contributed by atoms with Gasteiger partial charge in [0, 0.05) is 17.4 Å². The number of carbonyl (C=O) groups is 2. The maximum absolute atomic E-state index is 12.2. The summed E-state index contributed by atoms with van der Waals surface area (Å²) in [7, 11) is 1.28. The molecule has 0 aliphatic rings. The van der Waals surface area contributed by atoms with Crippen molar-refractivity contribution < 1.29 is 19.1 Å². The van der Waals surface area contributed by atoms with Crippen LogP contribution in [0.3, 0.4) is 0 Å². The van der Waals surface area contributed by atoms with E-state index in [4.69, 9.17) is 32.7 Å². The third-order valence-electron chi connectivity index (χ3n) is 4.59. The maximum atomic E-state index is 12.2. The van der Waals surface area contributed by atoms with E-state index in [1.54, 1.807) is 39.0 Å². The van der Waals surface area contributed by atoms with Gasteiger partial charge < -0.3 is 14.8 Å². The summed E-state index contributed by atoms with van der Waals surface area (Å²) in [6.45, 7) is 5.25. The van der Waals surface area contributed by atoms with E-state index in [0.29, 0.717) is 21.3 Å². The van der Waals surface area contributed by atoms with Crippen LogP contribution < -0.4 is 5.32 Å². The van der Waals surface area contributed by atoms with Crippen molar-refractivity contribution in [3.05, 3.63) is 64.1 Å². The molecule has 0 aliphatic carbocycles. The molecule has 1 heterocycles. The van der Waals surface area contributed by atoms with Crippen LogP contribution in [0.25, 0.3) is 22.2 Å². The lowest BCUT2D eigenvalue weighted by Crippen LogP contribution is -2.45. The Labute approximate surface area is 196 Å². The average Bonchev–Trinajstić information content (AvgIpc) is 2.71. The largest absolute Gasteiger partial charge is 0.467 e. The Morgan fingerprint density at radius 1 is 1.06 bits per heavy atom. The number of nitrogens with zero attached hydrogens (tertiary/aromatic N) is 1. The van der Waals surface area contributed by atoms with Crippen molar-refractivity contribution in [3.8, 4) is 11.3 Å². The predicted octanol–water partition coefficient (Wildman–Crippen LogP) is 5.82. The molecule has 1 atom stereocenters. The Morgan fingerprint density at radius 3 is 2.38 bits per heavy atom. The van der Waals surface area contributed by atoms with Crippen molar-refractivity contribution >= 4 is 46.2 Å². The molecule has 3 rings (SSSR count). The molecular weight excluding hydrogens is 451 g/mol. The first-order valence-corrected chi connectivity index (χ1v) is 10.7. The van der Waals surface area contributed by atoms with Gasteiger partial charge in [0.25, 0.3) is 0 Å². The van der Waals surface area contributed by atoms with Gasteiger partial charge in [-0.15, -0.1) is 0 Å². The predicted molar refractivity (Wildman–Crippen MR) is 126 cm³/mol. The average molecular weight is 475 g/mol. The van der Waals surface area contributed by atoms with E-state index in [1.807, 2.05) is 30.3 Å². The number of rotatable bonds is 5. The lowest BCUT2D eigenvalue weighted by molar-refractivity contribution is -0.143. The van der Waals surface area contributed by atoms with Crippen molar-refractivity contribution in [1.29, 1.82) is 0 Å². The van der Waals surface area contributed by atoms with Crippen LogP contribution in [0.15, 0.2) is 48.5 Å². The summed E-state index contributed by atoms with van der Waals surface area (Å²) >= 11 is 12.6. The molecule has 1 N–H and O–H groups in total. The molecule has 0 spiro atoms. The number of halogens is 2. The monoisotopic (exact) mass is 474 g/mol. The minimum atomic E-state index is -0.888. The van der Waals surface area contributed by atoms with Crippen LogP contribution in [0.1, 0.15) is 26.3 Å². The molecule has 0 saturated carbocycles. The van der Waals surface area contributed by atoms with Gasteiger partial charge in [0.1, 0.15) is 11.6 Å². The minimum Gasteiger partial charge on any atom is -0.467 e. The number of alkyl carbamates (subject to hydrolysis) is 1. The fraction of sp³-hybridized carbons (Fsp3) is 0.292. The molecule has 0 radical (unpaired) electrons. The summed E-state index contributed by atoms with van der Waals surface area (Å²) in [6.07, 6.45) is -0.448. The standard InChI is InChI=1S/C24H24Cl2N2O4/c1-24(2,3)32-23(30)28-20(22(29)31-4)13-14-8-10-18-15(12-14)9-11-19(27-18)21-16(25)6-5-7-17(21)26/h5-12,20H,13H2,1-4H3,(H,28,30)/t20-/m0/s1. The van der Waals surface area contributed by atoms with Gasteiger partial charge in [0.2, 0.25) is 0 Å². The maximum Gasteiger partial charge on any atom is 0.408 e. The number of benzene rings is 2. The normalized spacial score (nSPS) is 12.3. The quantitative estimate of drug-likeness (QED) is 0.471. The summed E-state index contributed by atoms with van der Waals surface area (Å²) in [5, 5.41) is 4.50. The SMILES string of the molecule is COC(=O)[C@H](Cc1ccc2nc(-c3c(Cl)cccc3Cl)ccc2c1)NC(=O)OC(C)(C)C. The van der Waals surface area contributed by atoms with E-state index in [0.717, 1.165) is 16.5 Å². The Bertz CT molecular complexity index is 1140. The van der Waals surface area contributed by atoms with E-state index in [1.165, 1.54) is 7.11 Å². The first-order chi connectivity index (χ1) is 15.1. The van der Waals surface area contributed by atoms with Gasteiger partial charge in [-0.05, 0) is 56.7 Å². The number of amides is 1. The number of hydrogen-bond acceptors (Lipinski definition) is 5. The van der Waals surface area contributed by atoms with E-state index in [-0.39, 0.29) is 6.42 Å². The van der Waals surface area contributed by atoms with Crippen molar-refractivity contribution in [2.24, 2.45) is 0 Å². The van der Waals surface area contributed by atoms with Crippen LogP contribution in [0.2, 0.25) is 10.0 Å². The molecule has 8 heteroatoms. The highest BCUT2D eigenvalue weighted by Crippen LogP contribution is 2.34. The second-order valence-corrected chi connectivity index (χ2v) is 9.06. The van der Waals surface area contributed by atoms with E-state index >= 15 is 0 Å². The third kappa shape index (κ3) is 5.90. The molecule has 0 bridgehead atoms. The van der Waals surface area contributed by atoms with Crippen molar-refractivity contribution in [2.45, 2.75) is 38.8 Å². The number of nitrogens with one attached hydrogen (secondary N) is 1. The highest BCUT2D eigenvalue weighted by molar-refractivity contribution is 6.39. The van der Waals surface area contributed by atoms with Crippen LogP contribution in [0.5, 0.6) is 0 Å². The van der Waals surface area contributed by atoms with Gasteiger partial charge in [0.05, 0.1) is 28.4 Å². The molecular formula is C24H24Cl2N2O4. The molecule has 0 unspecified atom stereocenters. The third-order valence-corrected chi connectivity index (χ3v) is 5.22. The van der Waals surface area contributed by atoms with Gasteiger partial charge >= 0.3 is 12.1 Å². The number of pyridine rings is 1. The van der Waals surface area contributed by atoms with E-state index in [9.17, 15) is 9.59 Å². The lowest BCUT2D eigenvalue weighted by atomic mass is 10.0. The first-order valence-electron chi connectivity index (χ1n) is 9.99. The van der Waals surface area contributed by atoms with E-state index in [2.05, 4.69) is 10.3 Å². The number of methoxy groups -OCH3 is 1. The fourth-order valence-corrected chi connectivity index (χ4v) is 3.80. The summed E-state index contributed by atoms with van der Waals surface area (Å²) < 4.78 is 10.1. The Balaban J connectivity index is 1.85. The highest BCUT2D eigenvalue weighted by Gasteiger charge is 2.25. The van der Waals surface area contributed by atoms with Gasteiger partial charge in [0.15, 0.2) is 0 Å². The fourth-order valence-electron chi connectivity index (χ4n) is 3.20. The van der Waals surface area contributed by atoms with Gasteiger partial charge in [-0.1, -0.05) is 41.4 Å². The molecule has 0 saturated heterocycles. The van der Waals surface area contributed by atoms with Gasteiger partial charge in [-0.2, -0.15) is 0 Å². The molecule has 2 aromatic carbocycles. The smallest absolute Gasteiger partial charge is 0.408 e. The minimum absolute atomic E-state index is 0.236. The van der Waals surface area contributed by atoms with Crippen molar-refractivity contribution in [1.82, 2.24) is 10.3 Å². The number of aromatic nitrogens is 1. The summed E-state index contributed by atoms with van der Waals surface area (Å²) in [5.41, 5.74) is 2.24. The number of ether oxygens (including phenoxy) is 2. The lowest BCUT2D eigenvalue weighted by Gasteiger charge is -2.22. The van der Waals surface area contributed by atoms with Crippen LogP contribution >= 0.6 is 23.2 Å². The Hall–Kier alpha value is -2.83. The van der Waals surface area contributed by atoms with Gasteiger partial charge in [-0.3, -0.25) is 0 Å². The highest BCUT2D eigenvalue weighted by atomic mass is 35.5. The van der Waals surface area contributed by atoms with E-state index < -0.39 is 23.7 Å². The van der Waals surface area contributed by atoms with Crippen molar-refractivity contribution in [3.63, 3.8) is 0 Å². The summed E-state index contributed by atoms with van der Waals surface area (Å²) in [6, 6.07) is 13.8. The molecule has 0 aliphatic heterocycles. The zero-order valence-electron chi connectivity index (χ0n) is 18.2.